The van der Waals surface area contributed by atoms with Crippen LogP contribution in [0.15, 0.2) is 164 Å². The van der Waals surface area contributed by atoms with Crippen molar-refractivity contribution in [1.29, 1.82) is 0 Å². The van der Waals surface area contributed by atoms with Crippen LogP contribution in [-0.2, 0) is 5.41 Å². The number of aryl methyl sites for hydroxylation is 4. The molecule has 9 aromatic rings. The molecule has 294 valence electrons. The monoisotopic (exact) mass is 785 g/mol. The number of phenols is 1. The van der Waals surface area contributed by atoms with Crippen LogP contribution in [0.2, 0.25) is 0 Å². The quantitative estimate of drug-likeness (QED) is 0.175. The van der Waals surface area contributed by atoms with Gasteiger partial charge in [-0.05, 0) is 137 Å². The molecule has 0 unspecified atom stereocenters. The maximum absolute atomic E-state index is 11.9. The van der Waals surface area contributed by atoms with Gasteiger partial charge < -0.3 is 5.11 Å². The highest BCUT2D eigenvalue weighted by molar-refractivity contribution is 5.98. The molecule has 0 bridgehead atoms. The third-order valence-corrected chi connectivity index (χ3v) is 11.3. The molecule has 0 atom stereocenters. The van der Waals surface area contributed by atoms with Gasteiger partial charge >= 0.3 is 0 Å². The number of aromatic hydroxyl groups is 1. The molecule has 2 aromatic heterocycles. The van der Waals surface area contributed by atoms with Crippen molar-refractivity contribution in [2.45, 2.75) is 53.7 Å². The molecule has 0 aliphatic carbocycles. The topological polar surface area (TPSA) is 50.9 Å². The molecule has 0 spiro atoms. The van der Waals surface area contributed by atoms with Gasteiger partial charge in [0.25, 0.3) is 0 Å². The van der Waals surface area contributed by atoms with Gasteiger partial charge in [-0.15, -0.1) is 0 Å². The van der Waals surface area contributed by atoms with Gasteiger partial charge in [-0.3, -0.25) is 9.55 Å². The second kappa shape index (κ2) is 15.3. The number of aromatic nitrogens is 3. The lowest BCUT2D eigenvalue weighted by atomic mass is 9.83. The van der Waals surface area contributed by atoms with Crippen LogP contribution in [0, 0.1) is 27.6 Å². The second-order valence-electron chi connectivity index (χ2n) is 16.6. The summed E-state index contributed by atoms with van der Waals surface area (Å²) >= 11 is 0. The van der Waals surface area contributed by atoms with Gasteiger partial charge in [0.05, 0.1) is 28.0 Å². The first-order valence-electron chi connectivity index (χ1n) is 23.2. The fourth-order valence-electron chi connectivity index (χ4n) is 8.16. The standard InChI is InChI=1S/C56H49N3O/c1-35-21-23-39(24-22-35)42-25-26-57-50(33-42)44-30-43(31-45(32-44)56(5,6)7)46-19-14-20-51-53(46)58-55(49-28-36(2)27-38(4)54(49)60)59(51)52-34-47(40-15-10-8-11-16-40)37(3)29-48(52)41-17-12-9-13-18-41/h8-34,60H,1-7H3/i1D3,3D3. The van der Waals surface area contributed by atoms with Crippen molar-refractivity contribution in [2.75, 3.05) is 0 Å². The zero-order valence-corrected chi connectivity index (χ0v) is 34.4. The van der Waals surface area contributed by atoms with Crippen molar-refractivity contribution in [1.82, 2.24) is 14.5 Å². The summed E-state index contributed by atoms with van der Waals surface area (Å²) in [5, 5.41) is 11.9. The molecule has 9 rings (SSSR count). The Bertz CT molecular complexity index is 3270. The minimum Gasteiger partial charge on any atom is -0.507 e. The number of nitrogens with zero attached hydrogens (tertiary/aromatic N) is 3. The highest BCUT2D eigenvalue weighted by Gasteiger charge is 2.25. The average Bonchev–Trinajstić information content (AvgIpc) is 3.69. The van der Waals surface area contributed by atoms with Crippen LogP contribution in [0.4, 0.5) is 0 Å². The second-order valence-corrected chi connectivity index (χ2v) is 16.6. The molecule has 0 radical (unpaired) electrons. The van der Waals surface area contributed by atoms with E-state index in [9.17, 15) is 5.11 Å². The average molecular weight is 786 g/mol. The Morgan fingerprint density at radius 1 is 0.533 bits per heavy atom. The third-order valence-electron chi connectivity index (χ3n) is 11.3. The van der Waals surface area contributed by atoms with E-state index >= 15 is 0 Å². The van der Waals surface area contributed by atoms with Gasteiger partial charge in [0.1, 0.15) is 11.6 Å². The van der Waals surface area contributed by atoms with Crippen LogP contribution in [0.1, 0.15) is 56.8 Å². The lowest BCUT2D eigenvalue weighted by molar-refractivity contribution is 0.472. The van der Waals surface area contributed by atoms with Crippen molar-refractivity contribution in [3.05, 3.63) is 192 Å². The molecule has 0 aliphatic heterocycles. The third kappa shape index (κ3) is 7.20. The summed E-state index contributed by atoms with van der Waals surface area (Å²) < 4.78 is 51.8. The molecule has 0 aliphatic rings. The fraction of sp³-hybridized carbons (Fsp3) is 0.143. The largest absolute Gasteiger partial charge is 0.507 e. The molecule has 4 heteroatoms. The molecule has 0 fully saturated rings. The van der Waals surface area contributed by atoms with Crippen LogP contribution < -0.4 is 0 Å². The molecule has 7 aromatic carbocycles. The number of para-hydroxylation sites is 1. The van der Waals surface area contributed by atoms with Gasteiger partial charge in [0, 0.05) is 31.1 Å². The van der Waals surface area contributed by atoms with E-state index in [0.717, 1.165) is 61.3 Å². The highest BCUT2D eigenvalue weighted by atomic mass is 16.3. The van der Waals surface area contributed by atoms with E-state index in [1.807, 2.05) is 129 Å². The van der Waals surface area contributed by atoms with Gasteiger partial charge in [-0.25, -0.2) is 4.98 Å². The van der Waals surface area contributed by atoms with Crippen LogP contribution >= 0.6 is 0 Å². The lowest BCUT2D eigenvalue weighted by Gasteiger charge is -2.22. The Hall–Kier alpha value is -7.04. The van der Waals surface area contributed by atoms with Crippen LogP contribution in [0.25, 0.3) is 83.9 Å². The molecule has 60 heavy (non-hydrogen) atoms. The summed E-state index contributed by atoms with van der Waals surface area (Å²) in [4.78, 5) is 10.3. The summed E-state index contributed by atoms with van der Waals surface area (Å²) in [5.41, 5.74) is 13.8. The van der Waals surface area contributed by atoms with Crippen molar-refractivity contribution >= 4 is 11.0 Å². The van der Waals surface area contributed by atoms with Gasteiger partial charge in [0.15, 0.2) is 0 Å². The first kappa shape index (κ1) is 31.9. The molecule has 4 nitrogen and oxygen atoms in total. The molecule has 1 N–H and O–H groups in total. The number of hydrogen-bond acceptors (Lipinski definition) is 3. The molecule has 2 heterocycles. The number of imidazole rings is 1. The van der Waals surface area contributed by atoms with Crippen LogP contribution in [0.3, 0.4) is 0 Å². The normalized spacial score (nSPS) is 13.6. The minimum absolute atomic E-state index is 0.110. The zero-order valence-electron chi connectivity index (χ0n) is 40.4. The van der Waals surface area contributed by atoms with Crippen LogP contribution in [-0.4, -0.2) is 19.6 Å². The fourth-order valence-corrected chi connectivity index (χ4v) is 8.16. The Labute approximate surface area is 362 Å². The van der Waals surface area contributed by atoms with Gasteiger partial charge in [0.2, 0.25) is 0 Å². The molecule has 0 saturated heterocycles. The smallest absolute Gasteiger partial charge is 0.149 e. The summed E-state index contributed by atoms with van der Waals surface area (Å²) in [5.74, 6) is 0.615. The number of fused-ring (bicyclic) bond motifs is 1. The Balaban J connectivity index is 1.33. The Kier molecular flexibility index (Phi) is 8.12. The Morgan fingerprint density at radius 3 is 1.95 bits per heavy atom. The van der Waals surface area contributed by atoms with E-state index in [4.69, 9.17) is 18.2 Å². The predicted octanol–water partition coefficient (Wildman–Crippen LogP) is 14.7. The number of phenolic OH excluding ortho intramolecular Hbond substituents is 1. The van der Waals surface area contributed by atoms with Crippen LogP contribution in [0.5, 0.6) is 5.75 Å². The molecular formula is C56H49N3O. The van der Waals surface area contributed by atoms with Gasteiger partial charge in [-0.2, -0.15) is 0 Å². The van der Waals surface area contributed by atoms with E-state index in [1.165, 1.54) is 0 Å². The maximum Gasteiger partial charge on any atom is 0.149 e. The first-order valence-corrected chi connectivity index (χ1v) is 20.2. The summed E-state index contributed by atoms with van der Waals surface area (Å²) in [6, 6.07) is 50.6. The number of pyridine rings is 1. The first-order chi connectivity index (χ1) is 31.3. The van der Waals surface area contributed by atoms with Crippen molar-refractivity contribution < 1.29 is 13.3 Å². The van der Waals surface area contributed by atoms with E-state index in [1.54, 1.807) is 24.4 Å². The highest BCUT2D eigenvalue weighted by Crippen LogP contribution is 2.44. The van der Waals surface area contributed by atoms with E-state index in [2.05, 4.69) is 49.6 Å². The SMILES string of the molecule is [2H]C([2H])([2H])c1ccc(-c2ccnc(-c3cc(-c4cccc5c4nc(-c4cc(C)cc(C)c4O)n5-c4cc(-c5ccccc5)c(C([2H])([2H])[2H])cc4-c4ccccc4)cc(C(C)(C)C)c3)c2)cc1. The van der Waals surface area contributed by atoms with Gasteiger partial charge in [-0.1, -0.05) is 136 Å². The number of benzene rings is 7. The van der Waals surface area contributed by atoms with Crippen molar-refractivity contribution in [3.63, 3.8) is 0 Å². The molecule has 0 saturated carbocycles. The summed E-state index contributed by atoms with van der Waals surface area (Å²) in [6.07, 6.45) is 1.78. The maximum atomic E-state index is 11.9. The summed E-state index contributed by atoms with van der Waals surface area (Å²) in [7, 11) is 0. The van der Waals surface area contributed by atoms with Crippen molar-refractivity contribution in [3.8, 4) is 78.6 Å². The zero-order chi connectivity index (χ0) is 46.7. The molecular weight excluding hydrogens is 731 g/mol. The van der Waals surface area contributed by atoms with E-state index in [-0.39, 0.29) is 22.3 Å². The Morgan fingerprint density at radius 2 is 1.25 bits per heavy atom. The number of rotatable bonds is 7. The minimum atomic E-state index is -2.43. The molecule has 0 amide bonds. The predicted molar refractivity (Wildman–Crippen MR) is 251 cm³/mol. The van der Waals surface area contributed by atoms with E-state index < -0.39 is 13.7 Å². The van der Waals surface area contributed by atoms with Crippen molar-refractivity contribution in [2.24, 2.45) is 0 Å². The summed E-state index contributed by atoms with van der Waals surface area (Å²) in [6.45, 7) is 5.80. The van der Waals surface area contributed by atoms with E-state index in [0.29, 0.717) is 39.3 Å². The number of hydrogen-bond donors (Lipinski definition) is 1. The lowest BCUT2D eigenvalue weighted by Crippen LogP contribution is -2.11.